The molecule has 3 N–H and O–H groups in total. The summed E-state index contributed by atoms with van der Waals surface area (Å²) in [6.45, 7) is 6.98. The minimum absolute atomic E-state index is 0.0197. The van der Waals surface area contributed by atoms with E-state index < -0.39 is 12.3 Å². The third-order valence-electron chi connectivity index (χ3n) is 7.07. The highest BCUT2D eigenvalue weighted by atomic mass is 16.6. The maximum atomic E-state index is 13.1. The minimum atomic E-state index is -0.832. The number of nitrogens with zero attached hydrogens (tertiary/aromatic N) is 3. The number of benzene rings is 2. The molecule has 3 aromatic rings. The van der Waals surface area contributed by atoms with Crippen LogP contribution in [0.3, 0.4) is 0 Å². The molecule has 1 fully saturated rings. The number of carbonyl (C=O) groups excluding carboxylic acids is 1. The molecular weight excluding hydrogens is 514 g/mol. The first-order valence-electron chi connectivity index (χ1n) is 14.2. The Balaban J connectivity index is 1.41. The number of aliphatic imine (C=N–C) groups is 1. The predicted octanol–water partition coefficient (Wildman–Crippen LogP) is 5.70. The standard InChI is InChI=1S/C33H39N5O3/c1-3-5-6-9-14-25(4-2)29-24-38(32(39)35-29)28-19-21-37(22-20-28)33(40)41-30(23-34)36-31(26-15-10-7-11-16-26)27-17-12-8-13-18-27/h4-8,10-18,24,28,30H,2-3,9,19-23,34H2,1H3,(H,35,39)/b6-5-,25-14+. The summed E-state index contributed by atoms with van der Waals surface area (Å²) in [5.74, 6) is 0. The van der Waals surface area contributed by atoms with E-state index in [1.54, 1.807) is 15.5 Å². The van der Waals surface area contributed by atoms with Crippen LogP contribution in [0.15, 0.2) is 108 Å². The van der Waals surface area contributed by atoms with E-state index >= 15 is 0 Å². The van der Waals surface area contributed by atoms with E-state index in [2.05, 4.69) is 30.6 Å². The number of piperidine rings is 1. The van der Waals surface area contributed by atoms with Gasteiger partial charge in [0.25, 0.3) is 0 Å². The first-order chi connectivity index (χ1) is 20.0. The van der Waals surface area contributed by atoms with Crippen LogP contribution >= 0.6 is 0 Å². The summed E-state index contributed by atoms with van der Waals surface area (Å²) in [6.07, 6.45) is 11.6. The molecule has 0 bridgehead atoms. The molecule has 0 radical (unpaired) electrons. The van der Waals surface area contributed by atoms with E-state index in [-0.39, 0.29) is 18.3 Å². The zero-order chi connectivity index (χ0) is 29.0. The zero-order valence-electron chi connectivity index (χ0n) is 23.6. The summed E-state index contributed by atoms with van der Waals surface area (Å²) in [5.41, 5.74) is 10.0. The van der Waals surface area contributed by atoms with Gasteiger partial charge in [-0.2, -0.15) is 0 Å². The molecule has 0 saturated carbocycles. The molecule has 2 heterocycles. The van der Waals surface area contributed by atoms with Crippen LogP contribution in [0.5, 0.6) is 0 Å². The topological polar surface area (TPSA) is 106 Å². The fourth-order valence-electron chi connectivity index (χ4n) is 4.89. The Morgan fingerprint density at radius 3 is 2.29 bits per heavy atom. The van der Waals surface area contributed by atoms with Crippen LogP contribution in [0, 0.1) is 0 Å². The number of H-pyrrole nitrogens is 1. The second kappa shape index (κ2) is 14.8. The van der Waals surface area contributed by atoms with E-state index in [0.717, 1.165) is 35.2 Å². The molecule has 1 amide bonds. The van der Waals surface area contributed by atoms with Crippen LogP contribution in [0.25, 0.3) is 5.57 Å². The highest BCUT2D eigenvalue weighted by molar-refractivity contribution is 6.12. The highest BCUT2D eigenvalue weighted by Gasteiger charge is 2.27. The van der Waals surface area contributed by atoms with Gasteiger partial charge in [0.2, 0.25) is 6.23 Å². The quantitative estimate of drug-likeness (QED) is 0.181. The number of likely N-dealkylation sites (tertiary alicyclic amines) is 1. The van der Waals surface area contributed by atoms with Crippen molar-refractivity contribution in [1.82, 2.24) is 14.5 Å². The van der Waals surface area contributed by atoms with Crippen LogP contribution in [0.4, 0.5) is 4.79 Å². The average molecular weight is 554 g/mol. The number of rotatable bonds is 11. The Bertz CT molecular complexity index is 1390. The van der Waals surface area contributed by atoms with Crippen molar-refractivity contribution in [3.63, 3.8) is 0 Å². The number of nitrogens with one attached hydrogen (secondary N) is 1. The maximum Gasteiger partial charge on any atom is 0.411 e. The Morgan fingerprint density at radius 2 is 1.73 bits per heavy atom. The normalized spacial score (nSPS) is 15.1. The van der Waals surface area contributed by atoms with Crippen LogP contribution in [0.1, 0.15) is 55.5 Å². The maximum absolute atomic E-state index is 13.1. The van der Waals surface area contributed by atoms with Crippen LogP contribution in [0.2, 0.25) is 0 Å². The molecule has 0 aliphatic carbocycles. The summed E-state index contributed by atoms with van der Waals surface area (Å²) < 4.78 is 7.49. The van der Waals surface area contributed by atoms with Crippen LogP contribution < -0.4 is 11.4 Å². The molecule has 4 rings (SSSR count). The SMILES string of the molecule is C=C/C(=C\C/C=C\CC)c1cn(C2CCN(C(=O)OC(CN)N=C(c3ccccc3)c3ccccc3)CC2)c(=O)[nH]1. The Hall–Kier alpha value is -4.43. The molecule has 1 atom stereocenters. The van der Waals surface area contributed by atoms with Crippen molar-refractivity contribution >= 4 is 17.4 Å². The number of carbonyl (C=O) groups is 1. The smallest absolute Gasteiger partial charge is 0.411 e. The second-order valence-corrected chi connectivity index (χ2v) is 9.86. The first kappa shape index (κ1) is 29.6. The third kappa shape index (κ3) is 7.83. The van der Waals surface area contributed by atoms with Crippen molar-refractivity contribution < 1.29 is 9.53 Å². The number of aromatic nitrogens is 2. The Kier molecular flexibility index (Phi) is 10.7. The molecule has 0 spiro atoms. The van der Waals surface area contributed by atoms with Gasteiger partial charge in [0, 0.05) is 36.5 Å². The molecule has 1 aliphatic rings. The van der Waals surface area contributed by atoms with Crippen LogP contribution in [-0.4, -0.2) is 52.1 Å². The van der Waals surface area contributed by atoms with Crippen molar-refractivity contribution in [3.8, 4) is 0 Å². The van der Waals surface area contributed by atoms with Crippen LogP contribution in [-0.2, 0) is 4.74 Å². The van der Waals surface area contributed by atoms with E-state index in [9.17, 15) is 9.59 Å². The molecule has 1 aromatic heterocycles. The van der Waals surface area contributed by atoms with Gasteiger partial charge in [-0.15, -0.1) is 0 Å². The number of allylic oxidation sites excluding steroid dienone is 5. The minimum Gasteiger partial charge on any atom is -0.422 e. The van der Waals surface area contributed by atoms with Gasteiger partial charge in [-0.1, -0.05) is 98.5 Å². The van der Waals surface area contributed by atoms with Crippen molar-refractivity contribution in [2.24, 2.45) is 10.7 Å². The number of aromatic amines is 1. The largest absolute Gasteiger partial charge is 0.422 e. The van der Waals surface area contributed by atoms with E-state index in [1.165, 1.54) is 0 Å². The molecule has 214 valence electrons. The fourth-order valence-corrected chi connectivity index (χ4v) is 4.89. The number of imidazole rings is 1. The zero-order valence-corrected chi connectivity index (χ0v) is 23.6. The van der Waals surface area contributed by atoms with E-state index in [1.807, 2.05) is 72.9 Å². The van der Waals surface area contributed by atoms with Gasteiger partial charge in [-0.25, -0.2) is 14.6 Å². The monoisotopic (exact) mass is 553 g/mol. The number of nitrogens with two attached hydrogens (primary N) is 1. The molecule has 1 saturated heterocycles. The van der Waals surface area contributed by atoms with Gasteiger partial charge < -0.3 is 20.4 Å². The number of amides is 1. The lowest BCUT2D eigenvalue weighted by molar-refractivity contribution is 0.0594. The molecule has 1 unspecified atom stereocenters. The van der Waals surface area contributed by atoms with Gasteiger partial charge in [0.1, 0.15) is 0 Å². The van der Waals surface area contributed by atoms with Crippen molar-refractivity contribution in [3.05, 3.63) is 125 Å². The highest BCUT2D eigenvalue weighted by Crippen LogP contribution is 2.24. The summed E-state index contributed by atoms with van der Waals surface area (Å²) in [6, 6.07) is 19.5. The first-order valence-corrected chi connectivity index (χ1v) is 14.2. The molecule has 8 heteroatoms. The number of hydrogen-bond donors (Lipinski definition) is 2. The average Bonchev–Trinajstić information content (AvgIpc) is 3.41. The second-order valence-electron chi connectivity index (χ2n) is 9.86. The van der Waals surface area contributed by atoms with Gasteiger partial charge in [0.05, 0.1) is 18.0 Å². The van der Waals surface area contributed by atoms with Gasteiger partial charge in [0.15, 0.2) is 0 Å². The predicted molar refractivity (Wildman–Crippen MR) is 165 cm³/mol. The Labute approximate surface area is 241 Å². The third-order valence-corrected chi connectivity index (χ3v) is 7.07. The lowest BCUT2D eigenvalue weighted by atomic mass is 10.0. The fraction of sp³-hybridized carbons (Fsp3) is 0.303. The number of ether oxygens (including phenoxy) is 1. The lowest BCUT2D eigenvalue weighted by Gasteiger charge is -2.32. The molecule has 1 aliphatic heterocycles. The Morgan fingerprint density at radius 1 is 1.10 bits per heavy atom. The summed E-state index contributed by atoms with van der Waals surface area (Å²) in [7, 11) is 0. The lowest BCUT2D eigenvalue weighted by Crippen LogP contribution is -2.42. The molecule has 2 aromatic carbocycles. The number of hydrogen-bond acceptors (Lipinski definition) is 5. The summed E-state index contributed by atoms with van der Waals surface area (Å²) >= 11 is 0. The summed E-state index contributed by atoms with van der Waals surface area (Å²) in [4.78, 5) is 35.2. The van der Waals surface area contributed by atoms with Gasteiger partial charge in [-0.3, -0.25) is 4.57 Å². The van der Waals surface area contributed by atoms with Gasteiger partial charge in [-0.05, 0) is 31.3 Å². The van der Waals surface area contributed by atoms with Crippen molar-refractivity contribution in [2.45, 2.75) is 44.9 Å². The molecule has 41 heavy (non-hydrogen) atoms. The van der Waals surface area contributed by atoms with E-state index in [4.69, 9.17) is 15.5 Å². The van der Waals surface area contributed by atoms with E-state index in [0.29, 0.717) is 31.6 Å². The van der Waals surface area contributed by atoms with Crippen molar-refractivity contribution in [1.29, 1.82) is 0 Å². The van der Waals surface area contributed by atoms with Gasteiger partial charge >= 0.3 is 11.8 Å². The molecule has 8 nitrogen and oxygen atoms in total. The summed E-state index contributed by atoms with van der Waals surface area (Å²) in [5, 5.41) is 0. The molecular formula is C33H39N5O3. The van der Waals surface area contributed by atoms with Crippen molar-refractivity contribution in [2.75, 3.05) is 19.6 Å².